The fourth-order valence-electron chi connectivity index (χ4n) is 2.43. The zero-order chi connectivity index (χ0) is 17.3. The molecule has 4 nitrogen and oxygen atoms in total. The molecular weight excluding hydrogens is 367 g/mol. The SMILES string of the molecule is CN(Cc1cccc(Cl)c1Cl)C(=O)c1ccc2c(c1)NC(=O)CS2. The Kier molecular flexibility index (Phi) is 5.04. The van der Waals surface area contributed by atoms with Crippen LogP contribution in [0.1, 0.15) is 15.9 Å². The van der Waals surface area contributed by atoms with Gasteiger partial charge in [-0.25, -0.2) is 0 Å². The average Bonchev–Trinajstić information content (AvgIpc) is 2.57. The predicted molar refractivity (Wildman–Crippen MR) is 98.1 cm³/mol. The van der Waals surface area contributed by atoms with E-state index in [0.29, 0.717) is 33.6 Å². The molecule has 3 rings (SSSR count). The number of hydrogen-bond acceptors (Lipinski definition) is 3. The number of anilines is 1. The van der Waals surface area contributed by atoms with Crippen LogP contribution in [0, 0.1) is 0 Å². The van der Waals surface area contributed by atoms with E-state index >= 15 is 0 Å². The standard InChI is InChI=1S/C17H14Cl2N2O2S/c1-21(8-11-3-2-4-12(18)16(11)19)17(23)10-5-6-14-13(7-10)20-15(22)9-24-14/h2-7H,8-9H2,1H3,(H,20,22). The minimum atomic E-state index is -0.154. The summed E-state index contributed by atoms with van der Waals surface area (Å²) in [5.41, 5.74) is 1.97. The highest BCUT2D eigenvalue weighted by atomic mass is 35.5. The molecule has 124 valence electrons. The van der Waals surface area contributed by atoms with Crippen molar-refractivity contribution in [2.75, 3.05) is 18.1 Å². The van der Waals surface area contributed by atoms with E-state index in [2.05, 4.69) is 5.32 Å². The van der Waals surface area contributed by atoms with E-state index in [0.717, 1.165) is 10.5 Å². The van der Waals surface area contributed by atoms with Crippen LogP contribution in [0.5, 0.6) is 0 Å². The van der Waals surface area contributed by atoms with Gasteiger partial charge in [0.05, 0.1) is 21.5 Å². The van der Waals surface area contributed by atoms with Gasteiger partial charge in [0.15, 0.2) is 0 Å². The van der Waals surface area contributed by atoms with Gasteiger partial charge in [-0.2, -0.15) is 0 Å². The first-order valence-corrected chi connectivity index (χ1v) is 8.95. The number of halogens is 2. The molecule has 0 spiro atoms. The molecule has 0 atom stereocenters. The van der Waals surface area contributed by atoms with Crippen molar-refractivity contribution in [3.63, 3.8) is 0 Å². The second kappa shape index (κ2) is 7.05. The maximum atomic E-state index is 12.6. The number of amides is 2. The average molecular weight is 381 g/mol. The summed E-state index contributed by atoms with van der Waals surface area (Å²) in [4.78, 5) is 26.7. The summed E-state index contributed by atoms with van der Waals surface area (Å²) >= 11 is 13.7. The predicted octanol–water partition coefficient (Wildman–Crippen LogP) is 4.31. The summed E-state index contributed by atoms with van der Waals surface area (Å²) in [5, 5.41) is 3.70. The van der Waals surface area contributed by atoms with Crippen LogP contribution in [0.3, 0.4) is 0 Å². The Bertz CT molecular complexity index is 826. The molecule has 2 aromatic carbocycles. The lowest BCUT2D eigenvalue weighted by molar-refractivity contribution is -0.113. The second-order valence-corrected chi connectivity index (χ2v) is 7.22. The van der Waals surface area contributed by atoms with Crippen molar-refractivity contribution in [1.82, 2.24) is 4.90 Å². The maximum Gasteiger partial charge on any atom is 0.253 e. The lowest BCUT2D eigenvalue weighted by Crippen LogP contribution is -2.27. The van der Waals surface area contributed by atoms with E-state index in [-0.39, 0.29) is 11.8 Å². The zero-order valence-electron chi connectivity index (χ0n) is 12.8. The van der Waals surface area contributed by atoms with Crippen LogP contribution in [0.2, 0.25) is 10.0 Å². The van der Waals surface area contributed by atoms with E-state index in [1.807, 2.05) is 12.1 Å². The minimum absolute atomic E-state index is 0.0591. The maximum absolute atomic E-state index is 12.6. The second-order valence-electron chi connectivity index (χ2n) is 5.42. The van der Waals surface area contributed by atoms with Crippen molar-refractivity contribution in [3.8, 4) is 0 Å². The Morgan fingerprint density at radius 2 is 2.08 bits per heavy atom. The van der Waals surface area contributed by atoms with Crippen LogP contribution in [0.25, 0.3) is 0 Å². The van der Waals surface area contributed by atoms with Crippen molar-refractivity contribution in [1.29, 1.82) is 0 Å². The Morgan fingerprint density at radius 3 is 2.88 bits per heavy atom. The third-order valence-electron chi connectivity index (χ3n) is 3.65. The summed E-state index contributed by atoms with van der Waals surface area (Å²) in [5.74, 6) is 0.183. The zero-order valence-corrected chi connectivity index (χ0v) is 15.1. The fraction of sp³-hybridized carbons (Fsp3) is 0.176. The van der Waals surface area contributed by atoms with Crippen molar-refractivity contribution in [2.45, 2.75) is 11.4 Å². The molecule has 24 heavy (non-hydrogen) atoms. The van der Waals surface area contributed by atoms with Gasteiger partial charge >= 0.3 is 0 Å². The Hall–Kier alpha value is -1.69. The molecule has 2 amide bonds. The Balaban J connectivity index is 1.80. The van der Waals surface area contributed by atoms with Gasteiger partial charge in [-0.15, -0.1) is 11.8 Å². The highest BCUT2D eigenvalue weighted by Gasteiger charge is 2.19. The summed E-state index contributed by atoms with van der Waals surface area (Å²) in [6, 6.07) is 10.7. The van der Waals surface area contributed by atoms with E-state index in [4.69, 9.17) is 23.2 Å². The van der Waals surface area contributed by atoms with Crippen LogP contribution < -0.4 is 5.32 Å². The molecular formula is C17H14Cl2N2O2S. The third kappa shape index (κ3) is 3.53. The van der Waals surface area contributed by atoms with Crippen molar-refractivity contribution in [3.05, 3.63) is 57.6 Å². The van der Waals surface area contributed by atoms with Gasteiger partial charge in [0.2, 0.25) is 5.91 Å². The van der Waals surface area contributed by atoms with Gasteiger partial charge in [-0.1, -0.05) is 35.3 Å². The van der Waals surface area contributed by atoms with Crippen LogP contribution in [-0.2, 0) is 11.3 Å². The summed E-state index contributed by atoms with van der Waals surface area (Å²) in [6.07, 6.45) is 0. The molecule has 0 radical (unpaired) electrons. The van der Waals surface area contributed by atoms with Crippen molar-refractivity contribution < 1.29 is 9.59 Å². The number of carbonyl (C=O) groups is 2. The number of hydrogen-bond donors (Lipinski definition) is 1. The molecule has 7 heteroatoms. The van der Waals surface area contributed by atoms with Crippen LogP contribution in [0.15, 0.2) is 41.3 Å². The third-order valence-corrected chi connectivity index (χ3v) is 5.58. The number of nitrogens with zero attached hydrogens (tertiary/aromatic N) is 1. The molecule has 0 fully saturated rings. The fourth-order valence-corrected chi connectivity index (χ4v) is 3.60. The number of nitrogens with one attached hydrogen (secondary N) is 1. The number of thioether (sulfide) groups is 1. The molecule has 1 aliphatic heterocycles. The first-order valence-electron chi connectivity index (χ1n) is 7.21. The van der Waals surface area contributed by atoms with Gasteiger partial charge < -0.3 is 10.2 Å². The first-order chi connectivity index (χ1) is 11.5. The van der Waals surface area contributed by atoms with E-state index in [9.17, 15) is 9.59 Å². The van der Waals surface area contributed by atoms with Crippen molar-refractivity contribution in [2.24, 2.45) is 0 Å². The topological polar surface area (TPSA) is 49.4 Å². The molecule has 1 aliphatic rings. The largest absolute Gasteiger partial charge is 0.337 e. The Morgan fingerprint density at radius 1 is 1.29 bits per heavy atom. The molecule has 2 aromatic rings. The van der Waals surface area contributed by atoms with Gasteiger partial charge in [-0.3, -0.25) is 9.59 Å². The molecule has 0 unspecified atom stereocenters. The first kappa shape index (κ1) is 17.1. The van der Waals surface area contributed by atoms with Crippen LogP contribution in [0.4, 0.5) is 5.69 Å². The van der Waals surface area contributed by atoms with E-state index in [1.54, 1.807) is 36.2 Å². The smallest absolute Gasteiger partial charge is 0.253 e. The molecule has 0 aromatic heterocycles. The highest BCUT2D eigenvalue weighted by Crippen LogP contribution is 2.32. The van der Waals surface area contributed by atoms with Gasteiger partial charge in [0, 0.05) is 24.1 Å². The number of benzene rings is 2. The number of fused-ring (bicyclic) bond motifs is 1. The minimum Gasteiger partial charge on any atom is -0.337 e. The number of rotatable bonds is 3. The van der Waals surface area contributed by atoms with Gasteiger partial charge in [-0.05, 0) is 29.8 Å². The number of carbonyl (C=O) groups excluding carboxylic acids is 2. The lowest BCUT2D eigenvalue weighted by Gasteiger charge is -2.21. The Labute approximate surface area is 154 Å². The molecule has 0 aliphatic carbocycles. The molecule has 0 saturated carbocycles. The summed E-state index contributed by atoms with van der Waals surface area (Å²) in [7, 11) is 1.70. The van der Waals surface area contributed by atoms with E-state index < -0.39 is 0 Å². The lowest BCUT2D eigenvalue weighted by atomic mass is 10.1. The molecule has 0 saturated heterocycles. The molecule has 1 heterocycles. The molecule has 0 bridgehead atoms. The van der Waals surface area contributed by atoms with Gasteiger partial charge in [0.25, 0.3) is 5.91 Å². The monoisotopic (exact) mass is 380 g/mol. The highest BCUT2D eigenvalue weighted by molar-refractivity contribution is 8.00. The molecule has 1 N–H and O–H groups in total. The summed E-state index contributed by atoms with van der Waals surface area (Å²) in [6.45, 7) is 0.344. The van der Waals surface area contributed by atoms with Gasteiger partial charge in [0.1, 0.15) is 0 Å². The van der Waals surface area contributed by atoms with E-state index in [1.165, 1.54) is 11.8 Å². The van der Waals surface area contributed by atoms with Crippen LogP contribution in [-0.4, -0.2) is 29.5 Å². The van der Waals surface area contributed by atoms with Crippen molar-refractivity contribution >= 4 is 52.5 Å². The van der Waals surface area contributed by atoms with Crippen LogP contribution >= 0.6 is 35.0 Å². The normalized spacial score (nSPS) is 13.2. The quantitative estimate of drug-likeness (QED) is 0.862. The summed E-state index contributed by atoms with van der Waals surface area (Å²) < 4.78 is 0.